The predicted octanol–water partition coefficient (Wildman–Crippen LogP) is 2.80. The van der Waals surface area contributed by atoms with Crippen LogP contribution in [0.2, 0.25) is 0 Å². The molecule has 0 saturated heterocycles. The SMILES string of the molecule is CC(C)(C)c1ccccc1Nc1cc(C(N)=O)c(N)cn1. The van der Waals surface area contributed by atoms with E-state index in [1.54, 1.807) is 6.07 Å². The van der Waals surface area contributed by atoms with E-state index in [0.29, 0.717) is 5.82 Å². The third-order valence-electron chi connectivity index (χ3n) is 3.20. The Morgan fingerprint density at radius 2 is 1.90 bits per heavy atom. The van der Waals surface area contributed by atoms with E-state index in [-0.39, 0.29) is 16.7 Å². The normalized spacial score (nSPS) is 11.2. The highest BCUT2D eigenvalue weighted by atomic mass is 16.1. The second-order valence-corrected chi connectivity index (χ2v) is 5.94. The van der Waals surface area contributed by atoms with E-state index in [4.69, 9.17) is 11.5 Å². The summed E-state index contributed by atoms with van der Waals surface area (Å²) in [4.78, 5) is 15.5. The van der Waals surface area contributed by atoms with E-state index in [1.165, 1.54) is 6.20 Å². The highest BCUT2D eigenvalue weighted by molar-refractivity contribution is 5.98. The van der Waals surface area contributed by atoms with Crippen LogP contribution in [0.1, 0.15) is 36.7 Å². The van der Waals surface area contributed by atoms with E-state index >= 15 is 0 Å². The van der Waals surface area contributed by atoms with Gasteiger partial charge in [-0.3, -0.25) is 4.79 Å². The molecule has 0 aliphatic carbocycles. The van der Waals surface area contributed by atoms with E-state index in [1.807, 2.05) is 18.2 Å². The monoisotopic (exact) mass is 284 g/mol. The molecule has 5 N–H and O–H groups in total. The summed E-state index contributed by atoms with van der Waals surface area (Å²) in [7, 11) is 0. The number of hydrogen-bond donors (Lipinski definition) is 3. The van der Waals surface area contributed by atoms with Crippen molar-refractivity contribution in [3.63, 3.8) is 0 Å². The second kappa shape index (κ2) is 5.44. The van der Waals surface area contributed by atoms with Crippen LogP contribution in [0, 0.1) is 0 Å². The van der Waals surface area contributed by atoms with Gasteiger partial charge in [-0.1, -0.05) is 39.0 Å². The fourth-order valence-electron chi connectivity index (χ4n) is 2.13. The third-order valence-corrected chi connectivity index (χ3v) is 3.20. The molecule has 0 saturated carbocycles. The number of hydrogen-bond acceptors (Lipinski definition) is 4. The van der Waals surface area contributed by atoms with Crippen molar-refractivity contribution < 1.29 is 4.79 Å². The molecule has 1 aromatic carbocycles. The number of amides is 1. The molecule has 0 aliphatic heterocycles. The number of pyridine rings is 1. The Labute approximate surface area is 124 Å². The van der Waals surface area contributed by atoms with Crippen LogP contribution < -0.4 is 16.8 Å². The largest absolute Gasteiger partial charge is 0.397 e. The molecule has 1 heterocycles. The standard InChI is InChI=1S/C16H20N4O/c1-16(2,3)11-6-4-5-7-13(11)20-14-8-10(15(18)21)12(17)9-19-14/h4-9H,17H2,1-3H3,(H2,18,21)(H,19,20). The summed E-state index contributed by atoms with van der Waals surface area (Å²) in [5.74, 6) is -0.0308. The van der Waals surface area contributed by atoms with Crippen LogP contribution >= 0.6 is 0 Å². The quantitative estimate of drug-likeness (QED) is 0.807. The van der Waals surface area contributed by atoms with Gasteiger partial charge in [0, 0.05) is 5.69 Å². The van der Waals surface area contributed by atoms with Gasteiger partial charge in [0.25, 0.3) is 5.91 Å². The van der Waals surface area contributed by atoms with Crippen LogP contribution in [0.15, 0.2) is 36.5 Å². The van der Waals surface area contributed by atoms with Gasteiger partial charge in [-0.2, -0.15) is 0 Å². The Morgan fingerprint density at radius 3 is 2.52 bits per heavy atom. The van der Waals surface area contributed by atoms with Crippen molar-refractivity contribution >= 4 is 23.1 Å². The Morgan fingerprint density at radius 1 is 1.24 bits per heavy atom. The molecular formula is C16H20N4O. The molecule has 5 heteroatoms. The Bertz CT molecular complexity index is 674. The summed E-state index contributed by atoms with van der Waals surface area (Å²) in [5.41, 5.74) is 13.6. The van der Waals surface area contributed by atoms with Gasteiger partial charge in [0.2, 0.25) is 0 Å². The lowest BCUT2D eigenvalue weighted by atomic mass is 9.86. The first kappa shape index (κ1) is 14.8. The first-order valence-corrected chi connectivity index (χ1v) is 6.71. The fraction of sp³-hybridized carbons (Fsp3) is 0.250. The van der Waals surface area contributed by atoms with Gasteiger partial charge in [-0.05, 0) is 23.1 Å². The zero-order valence-corrected chi connectivity index (χ0v) is 12.5. The average molecular weight is 284 g/mol. The van der Waals surface area contributed by atoms with Crippen LogP contribution in [0.4, 0.5) is 17.2 Å². The molecule has 1 aromatic heterocycles. The summed E-state index contributed by atoms with van der Waals surface area (Å²) < 4.78 is 0. The number of rotatable bonds is 3. The van der Waals surface area contributed by atoms with Crippen LogP contribution in [0.3, 0.4) is 0 Å². The fourth-order valence-corrected chi connectivity index (χ4v) is 2.13. The van der Waals surface area contributed by atoms with Crippen molar-refractivity contribution in [2.24, 2.45) is 5.73 Å². The average Bonchev–Trinajstić information content (AvgIpc) is 2.40. The summed E-state index contributed by atoms with van der Waals surface area (Å²) in [6, 6.07) is 9.55. The molecule has 2 aromatic rings. The number of carbonyl (C=O) groups is 1. The molecule has 0 unspecified atom stereocenters. The molecule has 2 rings (SSSR count). The maximum Gasteiger partial charge on any atom is 0.250 e. The molecule has 0 fully saturated rings. The molecule has 0 spiro atoms. The van der Waals surface area contributed by atoms with Crippen LogP contribution in [0.5, 0.6) is 0 Å². The molecule has 0 bridgehead atoms. The number of nitrogens with one attached hydrogen (secondary N) is 1. The maximum absolute atomic E-state index is 11.3. The minimum atomic E-state index is -0.568. The first-order chi connectivity index (χ1) is 9.79. The van der Waals surface area contributed by atoms with Gasteiger partial charge in [0.15, 0.2) is 0 Å². The summed E-state index contributed by atoms with van der Waals surface area (Å²) in [5, 5.41) is 3.23. The second-order valence-electron chi connectivity index (χ2n) is 5.94. The molecule has 0 radical (unpaired) electrons. The summed E-state index contributed by atoms with van der Waals surface area (Å²) in [6.45, 7) is 6.41. The van der Waals surface area contributed by atoms with E-state index in [9.17, 15) is 4.79 Å². The third kappa shape index (κ3) is 3.31. The van der Waals surface area contributed by atoms with Gasteiger partial charge < -0.3 is 16.8 Å². The Hall–Kier alpha value is -2.56. The van der Waals surface area contributed by atoms with Gasteiger partial charge in [0.05, 0.1) is 17.4 Å². The van der Waals surface area contributed by atoms with Crippen molar-refractivity contribution in [2.75, 3.05) is 11.1 Å². The number of nitrogens with zero attached hydrogens (tertiary/aromatic N) is 1. The molecule has 21 heavy (non-hydrogen) atoms. The van der Waals surface area contributed by atoms with Crippen molar-refractivity contribution in [1.82, 2.24) is 4.98 Å². The van der Waals surface area contributed by atoms with Crippen LogP contribution in [-0.4, -0.2) is 10.9 Å². The number of nitrogen functional groups attached to an aromatic ring is 1. The first-order valence-electron chi connectivity index (χ1n) is 6.71. The molecule has 0 aliphatic rings. The molecule has 110 valence electrons. The number of para-hydroxylation sites is 1. The number of anilines is 3. The van der Waals surface area contributed by atoms with Crippen LogP contribution in [0.25, 0.3) is 0 Å². The summed E-state index contributed by atoms with van der Waals surface area (Å²) >= 11 is 0. The van der Waals surface area contributed by atoms with Crippen molar-refractivity contribution in [2.45, 2.75) is 26.2 Å². The number of carbonyl (C=O) groups excluding carboxylic acids is 1. The van der Waals surface area contributed by atoms with Gasteiger partial charge in [-0.15, -0.1) is 0 Å². The predicted molar refractivity (Wildman–Crippen MR) is 85.6 cm³/mol. The summed E-state index contributed by atoms with van der Waals surface area (Å²) in [6.07, 6.45) is 1.43. The Kier molecular flexibility index (Phi) is 3.84. The van der Waals surface area contributed by atoms with Crippen molar-refractivity contribution in [3.8, 4) is 0 Å². The number of nitrogens with two attached hydrogens (primary N) is 2. The van der Waals surface area contributed by atoms with Crippen molar-refractivity contribution in [1.29, 1.82) is 0 Å². The van der Waals surface area contributed by atoms with E-state index in [2.05, 4.69) is 37.1 Å². The Balaban J connectivity index is 2.40. The minimum absolute atomic E-state index is 0.0100. The van der Waals surface area contributed by atoms with Gasteiger partial charge in [-0.25, -0.2) is 4.98 Å². The van der Waals surface area contributed by atoms with Crippen molar-refractivity contribution in [3.05, 3.63) is 47.7 Å². The molecule has 1 amide bonds. The lowest BCUT2D eigenvalue weighted by Gasteiger charge is -2.23. The topological polar surface area (TPSA) is 94.0 Å². The highest BCUT2D eigenvalue weighted by Crippen LogP contribution is 2.31. The lowest BCUT2D eigenvalue weighted by Crippen LogP contribution is -2.15. The number of aromatic nitrogens is 1. The maximum atomic E-state index is 11.3. The number of primary amides is 1. The minimum Gasteiger partial charge on any atom is -0.397 e. The lowest BCUT2D eigenvalue weighted by molar-refractivity contribution is 0.100. The van der Waals surface area contributed by atoms with Crippen LogP contribution in [-0.2, 0) is 5.41 Å². The molecule has 0 atom stereocenters. The molecule has 5 nitrogen and oxygen atoms in total. The van der Waals surface area contributed by atoms with Gasteiger partial charge >= 0.3 is 0 Å². The smallest absolute Gasteiger partial charge is 0.250 e. The zero-order chi connectivity index (χ0) is 15.6. The highest BCUT2D eigenvalue weighted by Gasteiger charge is 2.18. The number of benzene rings is 1. The van der Waals surface area contributed by atoms with E-state index < -0.39 is 5.91 Å². The van der Waals surface area contributed by atoms with Gasteiger partial charge in [0.1, 0.15) is 5.82 Å². The zero-order valence-electron chi connectivity index (χ0n) is 12.5. The molecular weight excluding hydrogens is 264 g/mol. The van der Waals surface area contributed by atoms with E-state index in [0.717, 1.165) is 11.3 Å².